The third kappa shape index (κ3) is 3.56. The average Bonchev–Trinajstić information content (AvgIpc) is 2.82. The second-order valence-corrected chi connectivity index (χ2v) is 5.70. The molecule has 0 aliphatic carbocycles. The van der Waals surface area contributed by atoms with Gasteiger partial charge in [-0.05, 0) is 60.2 Å². The van der Waals surface area contributed by atoms with E-state index >= 15 is 0 Å². The van der Waals surface area contributed by atoms with Gasteiger partial charge in [-0.25, -0.2) is 0 Å². The minimum absolute atomic E-state index is 0.0583. The molecule has 0 bridgehead atoms. The van der Waals surface area contributed by atoms with E-state index in [2.05, 4.69) is 33.2 Å². The van der Waals surface area contributed by atoms with Crippen LogP contribution in [0, 0.1) is 3.57 Å². The molecule has 1 unspecified atom stereocenters. The van der Waals surface area contributed by atoms with Crippen molar-refractivity contribution in [3.05, 3.63) is 32.4 Å². The topological polar surface area (TPSA) is 41.1 Å². The predicted octanol–water partition coefficient (Wildman–Crippen LogP) is 2.43. The first-order valence-corrected chi connectivity index (χ1v) is 7.09. The van der Waals surface area contributed by atoms with Crippen molar-refractivity contribution in [2.24, 2.45) is 0 Å². The molecule has 1 saturated heterocycles. The lowest BCUT2D eigenvalue weighted by Gasteiger charge is -2.11. The van der Waals surface area contributed by atoms with Crippen LogP contribution in [0.5, 0.6) is 0 Å². The molecule has 17 heavy (non-hydrogen) atoms. The second kappa shape index (κ2) is 6.02. The Morgan fingerprint density at radius 2 is 2.41 bits per heavy atom. The fourth-order valence-corrected chi connectivity index (χ4v) is 2.40. The fourth-order valence-electron chi connectivity index (χ4n) is 1.89. The zero-order chi connectivity index (χ0) is 12.3. The van der Waals surface area contributed by atoms with Gasteiger partial charge < -0.3 is 10.6 Å². The Hall–Kier alpha value is -0.330. The molecular weight excluding hydrogens is 351 g/mol. The van der Waals surface area contributed by atoms with Crippen LogP contribution in [0.2, 0.25) is 5.02 Å². The summed E-state index contributed by atoms with van der Waals surface area (Å²) >= 11 is 8.13. The van der Waals surface area contributed by atoms with Crippen molar-refractivity contribution < 1.29 is 4.79 Å². The highest BCUT2D eigenvalue weighted by Gasteiger charge is 2.15. The van der Waals surface area contributed by atoms with E-state index in [1.165, 1.54) is 6.42 Å². The molecular formula is C12H14ClIN2O. The maximum absolute atomic E-state index is 11.9. The zero-order valence-electron chi connectivity index (χ0n) is 9.30. The van der Waals surface area contributed by atoms with Crippen LogP contribution in [-0.4, -0.2) is 25.0 Å². The Morgan fingerprint density at radius 3 is 3.06 bits per heavy atom. The normalized spacial score (nSPS) is 19.3. The van der Waals surface area contributed by atoms with Gasteiger partial charge in [0.2, 0.25) is 0 Å². The van der Waals surface area contributed by atoms with E-state index < -0.39 is 0 Å². The molecule has 1 aliphatic rings. The number of carbonyl (C=O) groups is 1. The summed E-state index contributed by atoms with van der Waals surface area (Å²) in [4.78, 5) is 11.9. The molecule has 0 spiro atoms. The molecule has 1 amide bonds. The molecule has 1 heterocycles. The SMILES string of the molecule is O=C(NCC1CCCN1)c1ccc(I)c(Cl)c1. The smallest absolute Gasteiger partial charge is 0.251 e. The molecule has 1 aromatic carbocycles. The molecule has 5 heteroatoms. The third-order valence-corrected chi connectivity index (χ3v) is 4.43. The lowest BCUT2D eigenvalue weighted by Crippen LogP contribution is -2.37. The maximum atomic E-state index is 11.9. The van der Waals surface area contributed by atoms with E-state index in [0.29, 0.717) is 23.2 Å². The highest BCUT2D eigenvalue weighted by atomic mass is 127. The molecule has 3 nitrogen and oxygen atoms in total. The number of amides is 1. The van der Waals surface area contributed by atoms with E-state index in [1.807, 2.05) is 6.07 Å². The van der Waals surface area contributed by atoms with Crippen LogP contribution in [0.1, 0.15) is 23.2 Å². The average molecular weight is 365 g/mol. The summed E-state index contributed by atoms with van der Waals surface area (Å²) < 4.78 is 0.957. The third-order valence-electron chi connectivity index (χ3n) is 2.85. The van der Waals surface area contributed by atoms with Crippen LogP contribution < -0.4 is 10.6 Å². The summed E-state index contributed by atoms with van der Waals surface area (Å²) in [7, 11) is 0. The summed E-state index contributed by atoms with van der Waals surface area (Å²) in [6, 6.07) is 5.77. The van der Waals surface area contributed by atoms with Crippen molar-refractivity contribution in [3.63, 3.8) is 0 Å². The van der Waals surface area contributed by atoms with Gasteiger partial charge in [0.05, 0.1) is 5.02 Å². The van der Waals surface area contributed by atoms with Crippen molar-refractivity contribution in [2.75, 3.05) is 13.1 Å². The molecule has 1 aromatic rings. The zero-order valence-corrected chi connectivity index (χ0v) is 12.2. The van der Waals surface area contributed by atoms with E-state index in [1.54, 1.807) is 12.1 Å². The van der Waals surface area contributed by atoms with Crippen molar-refractivity contribution in [1.29, 1.82) is 0 Å². The van der Waals surface area contributed by atoms with E-state index in [4.69, 9.17) is 11.6 Å². The molecule has 1 aliphatic heterocycles. The molecule has 0 aromatic heterocycles. The van der Waals surface area contributed by atoms with E-state index in [9.17, 15) is 4.79 Å². The van der Waals surface area contributed by atoms with Gasteiger partial charge in [0.1, 0.15) is 0 Å². The second-order valence-electron chi connectivity index (χ2n) is 4.13. The van der Waals surface area contributed by atoms with Gasteiger partial charge in [0.25, 0.3) is 5.91 Å². The first kappa shape index (κ1) is 13.1. The van der Waals surface area contributed by atoms with Crippen molar-refractivity contribution in [3.8, 4) is 0 Å². The lowest BCUT2D eigenvalue weighted by molar-refractivity contribution is 0.0950. The number of hydrogen-bond donors (Lipinski definition) is 2. The molecule has 2 N–H and O–H groups in total. The standard InChI is InChI=1S/C12H14ClIN2O/c13-10-6-8(3-4-11(10)14)12(17)16-7-9-2-1-5-15-9/h3-4,6,9,15H,1-2,5,7H2,(H,16,17). The van der Waals surface area contributed by atoms with Crippen molar-refractivity contribution in [1.82, 2.24) is 10.6 Å². The molecule has 1 fully saturated rings. The largest absolute Gasteiger partial charge is 0.350 e. The summed E-state index contributed by atoms with van der Waals surface area (Å²) in [5, 5.41) is 6.89. The Balaban J connectivity index is 1.92. The first-order chi connectivity index (χ1) is 8.16. The number of halogens is 2. The van der Waals surface area contributed by atoms with Gasteiger partial charge in [-0.3, -0.25) is 4.79 Å². The Labute approximate surface area is 119 Å². The van der Waals surface area contributed by atoms with Gasteiger partial charge >= 0.3 is 0 Å². The van der Waals surface area contributed by atoms with Crippen LogP contribution in [0.25, 0.3) is 0 Å². The highest BCUT2D eigenvalue weighted by Crippen LogP contribution is 2.19. The Kier molecular flexibility index (Phi) is 4.64. The number of carbonyl (C=O) groups excluding carboxylic acids is 1. The van der Waals surface area contributed by atoms with Crippen LogP contribution in [0.3, 0.4) is 0 Å². The number of nitrogens with one attached hydrogen (secondary N) is 2. The van der Waals surface area contributed by atoms with Gasteiger partial charge in [-0.15, -0.1) is 0 Å². The molecule has 0 radical (unpaired) electrons. The van der Waals surface area contributed by atoms with Crippen LogP contribution in [-0.2, 0) is 0 Å². The lowest BCUT2D eigenvalue weighted by atomic mass is 10.2. The van der Waals surface area contributed by atoms with Gasteiger partial charge in [0.15, 0.2) is 0 Å². The van der Waals surface area contributed by atoms with Crippen LogP contribution >= 0.6 is 34.2 Å². The van der Waals surface area contributed by atoms with Crippen molar-refractivity contribution in [2.45, 2.75) is 18.9 Å². The van der Waals surface area contributed by atoms with Crippen molar-refractivity contribution >= 4 is 40.1 Å². The summed E-state index contributed by atoms with van der Waals surface area (Å²) in [6.07, 6.45) is 2.32. The van der Waals surface area contributed by atoms with Gasteiger partial charge in [-0.1, -0.05) is 11.6 Å². The summed E-state index contributed by atoms with van der Waals surface area (Å²) in [6.45, 7) is 1.73. The number of rotatable bonds is 3. The van der Waals surface area contributed by atoms with E-state index in [0.717, 1.165) is 16.5 Å². The van der Waals surface area contributed by atoms with E-state index in [-0.39, 0.29) is 5.91 Å². The molecule has 2 rings (SSSR count). The summed E-state index contributed by atoms with van der Waals surface area (Å²) in [5.74, 6) is -0.0583. The predicted molar refractivity (Wildman–Crippen MR) is 77.5 cm³/mol. The summed E-state index contributed by atoms with van der Waals surface area (Å²) in [5.41, 5.74) is 0.619. The van der Waals surface area contributed by atoms with Gasteiger partial charge in [0, 0.05) is 21.7 Å². The Morgan fingerprint density at radius 1 is 1.59 bits per heavy atom. The first-order valence-electron chi connectivity index (χ1n) is 5.63. The molecule has 92 valence electrons. The quantitative estimate of drug-likeness (QED) is 0.809. The highest BCUT2D eigenvalue weighted by molar-refractivity contribution is 14.1. The van der Waals surface area contributed by atoms with Crippen LogP contribution in [0.4, 0.5) is 0 Å². The minimum Gasteiger partial charge on any atom is -0.350 e. The molecule has 0 saturated carbocycles. The monoisotopic (exact) mass is 364 g/mol. The number of benzene rings is 1. The minimum atomic E-state index is -0.0583. The molecule has 1 atom stereocenters. The maximum Gasteiger partial charge on any atom is 0.251 e. The number of hydrogen-bond acceptors (Lipinski definition) is 2. The Bertz CT molecular complexity index is 419. The van der Waals surface area contributed by atoms with Crippen LogP contribution in [0.15, 0.2) is 18.2 Å². The van der Waals surface area contributed by atoms with Gasteiger partial charge in [-0.2, -0.15) is 0 Å². The fraction of sp³-hybridized carbons (Fsp3) is 0.417.